The third-order valence-electron chi connectivity index (χ3n) is 3.65. The van der Waals surface area contributed by atoms with Gasteiger partial charge >= 0.3 is 0 Å². The number of halogens is 1. The molecule has 0 bridgehead atoms. The van der Waals surface area contributed by atoms with E-state index in [0.717, 1.165) is 23.6 Å². The van der Waals surface area contributed by atoms with Crippen molar-refractivity contribution in [1.82, 2.24) is 5.32 Å². The third kappa shape index (κ3) is 4.87. The minimum absolute atomic E-state index is 0.244. The van der Waals surface area contributed by atoms with Crippen molar-refractivity contribution in [3.63, 3.8) is 0 Å². The summed E-state index contributed by atoms with van der Waals surface area (Å²) in [4.78, 5) is 0. The van der Waals surface area contributed by atoms with E-state index in [1.165, 1.54) is 11.1 Å². The highest BCUT2D eigenvalue weighted by Gasteiger charge is 2.08. The zero-order valence-electron chi connectivity index (χ0n) is 13.1. The van der Waals surface area contributed by atoms with Gasteiger partial charge in [-0.15, -0.1) is 0 Å². The number of hydrogen-bond acceptors (Lipinski definition) is 1. The van der Waals surface area contributed by atoms with Gasteiger partial charge in [-0.1, -0.05) is 67.9 Å². The first-order chi connectivity index (χ1) is 10.1. The number of rotatable bonds is 6. The zero-order valence-corrected chi connectivity index (χ0v) is 13.8. The second-order valence-corrected chi connectivity index (χ2v) is 6.45. The Labute approximate surface area is 133 Å². The van der Waals surface area contributed by atoms with Gasteiger partial charge in [0.25, 0.3) is 0 Å². The molecule has 0 aromatic heterocycles. The quantitative estimate of drug-likeness (QED) is 0.754. The molecule has 2 heteroatoms. The van der Waals surface area contributed by atoms with Crippen LogP contribution in [-0.2, 0) is 13.0 Å². The monoisotopic (exact) mass is 301 g/mol. The highest BCUT2D eigenvalue weighted by molar-refractivity contribution is 6.31. The van der Waals surface area contributed by atoms with Crippen LogP contribution in [0.2, 0.25) is 5.02 Å². The first kappa shape index (κ1) is 16.1. The summed E-state index contributed by atoms with van der Waals surface area (Å²) in [5, 5.41) is 4.36. The van der Waals surface area contributed by atoms with Gasteiger partial charge in [0.05, 0.1) is 0 Å². The minimum atomic E-state index is 0.244. The van der Waals surface area contributed by atoms with Gasteiger partial charge in [0.15, 0.2) is 0 Å². The summed E-state index contributed by atoms with van der Waals surface area (Å²) in [5.74, 6) is 0.703. The van der Waals surface area contributed by atoms with E-state index in [4.69, 9.17) is 11.6 Å². The van der Waals surface area contributed by atoms with E-state index < -0.39 is 0 Å². The predicted molar refractivity (Wildman–Crippen MR) is 91.7 cm³/mol. The first-order valence-electron chi connectivity index (χ1n) is 7.62. The molecular formula is C19H24ClN. The lowest BCUT2D eigenvalue weighted by Gasteiger charge is -2.16. The van der Waals surface area contributed by atoms with E-state index in [9.17, 15) is 0 Å². The van der Waals surface area contributed by atoms with Crippen molar-refractivity contribution < 1.29 is 0 Å². The Bertz CT molecular complexity index is 560. The van der Waals surface area contributed by atoms with Gasteiger partial charge in [0, 0.05) is 17.6 Å². The molecule has 0 amide bonds. The van der Waals surface area contributed by atoms with E-state index in [1.807, 2.05) is 18.2 Å². The van der Waals surface area contributed by atoms with E-state index in [1.54, 1.807) is 0 Å². The van der Waals surface area contributed by atoms with E-state index >= 15 is 0 Å². The molecule has 0 fully saturated rings. The van der Waals surface area contributed by atoms with Crippen LogP contribution in [0.3, 0.4) is 0 Å². The molecule has 0 spiro atoms. The second kappa shape index (κ2) is 7.63. The number of benzene rings is 2. The first-order valence-corrected chi connectivity index (χ1v) is 7.99. The average molecular weight is 302 g/mol. The minimum Gasteiger partial charge on any atom is -0.306 e. The lowest BCUT2D eigenvalue weighted by molar-refractivity contribution is 0.574. The molecule has 1 atom stereocenters. The average Bonchev–Trinajstić information content (AvgIpc) is 2.46. The molecule has 2 rings (SSSR count). The molecule has 0 unspecified atom stereocenters. The fourth-order valence-electron chi connectivity index (χ4n) is 2.47. The maximum Gasteiger partial charge on any atom is 0.0453 e. The van der Waals surface area contributed by atoms with Gasteiger partial charge in [0.1, 0.15) is 0 Å². The van der Waals surface area contributed by atoms with Crippen molar-refractivity contribution in [3.05, 3.63) is 70.2 Å². The van der Waals surface area contributed by atoms with Crippen LogP contribution < -0.4 is 5.32 Å². The molecule has 0 heterocycles. The summed E-state index contributed by atoms with van der Waals surface area (Å²) in [5.41, 5.74) is 3.87. The molecule has 0 aliphatic carbocycles. The SMILES string of the molecule is CC(C)Cc1ccc(CN[C@@H](C)c2ccccc2Cl)cc1. The molecule has 0 saturated carbocycles. The topological polar surface area (TPSA) is 12.0 Å². The van der Waals surface area contributed by atoms with Crippen LogP contribution in [0.4, 0.5) is 0 Å². The second-order valence-electron chi connectivity index (χ2n) is 6.04. The van der Waals surface area contributed by atoms with Crippen LogP contribution in [0.1, 0.15) is 43.5 Å². The summed E-state index contributed by atoms with van der Waals surface area (Å²) in [6.45, 7) is 7.50. The lowest BCUT2D eigenvalue weighted by atomic mass is 10.0. The molecule has 21 heavy (non-hydrogen) atoms. The van der Waals surface area contributed by atoms with Crippen LogP contribution >= 0.6 is 11.6 Å². The third-order valence-corrected chi connectivity index (χ3v) is 4.00. The Morgan fingerprint density at radius 3 is 2.14 bits per heavy atom. The van der Waals surface area contributed by atoms with E-state index in [-0.39, 0.29) is 6.04 Å². The van der Waals surface area contributed by atoms with Crippen molar-refractivity contribution in [3.8, 4) is 0 Å². The normalized spacial score (nSPS) is 12.6. The standard InChI is InChI=1S/C19H24ClN/c1-14(2)12-16-8-10-17(11-9-16)13-21-15(3)18-6-4-5-7-19(18)20/h4-11,14-15,21H,12-13H2,1-3H3/t15-/m0/s1. The van der Waals surface area contributed by atoms with Gasteiger partial charge in [0.2, 0.25) is 0 Å². The molecule has 0 aliphatic rings. The highest BCUT2D eigenvalue weighted by atomic mass is 35.5. The Morgan fingerprint density at radius 2 is 1.52 bits per heavy atom. The molecule has 112 valence electrons. The van der Waals surface area contributed by atoms with E-state index in [0.29, 0.717) is 5.92 Å². The molecule has 0 radical (unpaired) electrons. The largest absolute Gasteiger partial charge is 0.306 e. The predicted octanol–water partition coefficient (Wildman–Crippen LogP) is 5.39. The Hall–Kier alpha value is -1.31. The van der Waals surface area contributed by atoms with Gasteiger partial charge in [-0.2, -0.15) is 0 Å². The van der Waals surface area contributed by atoms with Crippen molar-refractivity contribution >= 4 is 11.6 Å². The number of hydrogen-bond donors (Lipinski definition) is 1. The van der Waals surface area contributed by atoms with E-state index in [2.05, 4.69) is 56.4 Å². The summed E-state index contributed by atoms with van der Waals surface area (Å²) in [6, 6.07) is 17.1. The van der Waals surface area contributed by atoms with Crippen molar-refractivity contribution in [1.29, 1.82) is 0 Å². The summed E-state index contributed by atoms with van der Waals surface area (Å²) in [6.07, 6.45) is 1.14. The van der Waals surface area contributed by atoms with Gasteiger partial charge in [-0.25, -0.2) is 0 Å². The van der Waals surface area contributed by atoms with Gasteiger partial charge in [-0.05, 0) is 42.0 Å². The summed E-state index contributed by atoms with van der Waals surface area (Å²) >= 11 is 6.23. The molecule has 2 aromatic rings. The molecule has 2 aromatic carbocycles. The Kier molecular flexibility index (Phi) is 5.84. The molecule has 1 N–H and O–H groups in total. The summed E-state index contributed by atoms with van der Waals surface area (Å²) in [7, 11) is 0. The fraction of sp³-hybridized carbons (Fsp3) is 0.368. The van der Waals surface area contributed by atoms with Crippen LogP contribution in [0.25, 0.3) is 0 Å². The van der Waals surface area contributed by atoms with Crippen LogP contribution in [0.15, 0.2) is 48.5 Å². The van der Waals surface area contributed by atoms with Gasteiger partial charge in [-0.3, -0.25) is 0 Å². The van der Waals surface area contributed by atoms with Crippen molar-refractivity contribution in [2.24, 2.45) is 5.92 Å². The Balaban J connectivity index is 1.92. The summed E-state index contributed by atoms with van der Waals surface area (Å²) < 4.78 is 0. The van der Waals surface area contributed by atoms with Crippen LogP contribution in [0.5, 0.6) is 0 Å². The lowest BCUT2D eigenvalue weighted by Crippen LogP contribution is -2.18. The molecule has 0 aliphatic heterocycles. The molecule has 1 nitrogen and oxygen atoms in total. The van der Waals surface area contributed by atoms with Gasteiger partial charge < -0.3 is 5.32 Å². The Morgan fingerprint density at radius 1 is 0.905 bits per heavy atom. The van der Waals surface area contributed by atoms with Crippen molar-refractivity contribution in [2.75, 3.05) is 0 Å². The fourth-order valence-corrected chi connectivity index (χ4v) is 2.77. The maximum atomic E-state index is 6.23. The van der Waals surface area contributed by atoms with Crippen molar-refractivity contribution in [2.45, 2.75) is 39.8 Å². The maximum absolute atomic E-state index is 6.23. The molecular weight excluding hydrogens is 278 g/mol. The molecule has 0 saturated heterocycles. The zero-order chi connectivity index (χ0) is 15.2. The highest BCUT2D eigenvalue weighted by Crippen LogP contribution is 2.22. The van der Waals surface area contributed by atoms with Crippen LogP contribution in [-0.4, -0.2) is 0 Å². The smallest absolute Gasteiger partial charge is 0.0453 e. The van der Waals surface area contributed by atoms with Crippen LogP contribution in [0, 0.1) is 5.92 Å². The number of nitrogens with one attached hydrogen (secondary N) is 1.